The maximum atomic E-state index is 4.03. The Bertz CT molecular complexity index is 71.3. The Balaban J connectivity index is 3.04. The van der Waals surface area contributed by atoms with Crippen LogP contribution in [0.3, 0.4) is 0 Å². The van der Waals surface area contributed by atoms with E-state index in [-0.39, 0.29) is 4.75 Å². The largest absolute Gasteiger partial charge is 0.156 e. The number of thioether (sulfide) groups is 1. The minimum atomic E-state index is 0.216. The second kappa shape index (κ2) is 5.06. The lowest BCUT2D eigenvalue weighted by Gasteiger charge is -2.16. The van der Waals surface area contributed by atoms with Gasteiger partial charge in [0.25, 0.3) is 0 Å². The number of rotatable bonds is 5. The van der Waals surface area contributed by atoms with E-state index < -0.39 is 0 Å². The van der Waals surface area contributed by atoms with Gasteiger partial charge in [-0.2, -0.15) is 11.8 Å². The lowest BCUT2D eigenvalue weighted by Crippen LogP contribution is -2.08. The topological polar surface area (TPSA) is 0 Å². The Labute approximate surface area is 69.8 Å². The molecule has 0 saturated heterocycles. The van der Waals surface area contributed by atoms with E-state index in [2.05, 4.69) is 27.7 Å². The van der Waals surface area contributed by atoms with Crippen LogP contribution in [0.25, 0.3) is 0 Å². The fourth-order valence-corrected chi connectivity index (χ4v) is 1.60. The van der Waals surface area contributed by atoms with Crippen LogP contribution < -0.4 is 0 Å². The summed E-state index contributed by atoms with van der Waals surface area (Å²) in [6.07, 6.45) is 4.03. The molecule has 0 nitrogen and oxygen atoms in total. The average molecular weight is 159 g/mol. The van der Waals surface area contributed by atoms with Gasteiger partial charge in [-0.25, -0.2) is 0 Å². The van der Waals surface area contributed by atoms with Gasteiger partial charge >= 0.3 is 0 Å². The number of hydrogen-bond acceptors (Lipinski definition) is 1. The molecule has 0 amide bonds. The molecule has 0 heterocycles. The summed E-state index contributed by atoms with van der Waals surface area (Å²) < 4.78 is 0.216. The molecule has 0 atom stereocenters. The Morgan fingerprint density at radius 1 is 1.30 bits per heavy atom. The van der Waals surface area contributed by atoms with Crippen LogP contribution in [-0.2, 0) is 0 Å². The maximum Gasteiger partial charge on any atom is 0.0104 e. The molecular formula is C9H19S. The number of hydrogen-bond donors (Lipinski definition) is 0. The van der Waals surface area contributed by atoms with Crippen molar-refractivity contribution < 1.29 is 0 Å². The highest BCUT2D eigenvalue weighted by molar-refractivity contribution is 8.00. The van der Waals surface area contributed by atoms with Crippen LogP contribution in [0.5, 0.6) is 0 Å². The van der Waals surface area contributed by atoms with Crippen molar-refractivity contribution in [1.29, 1.82) is 0 Å². The van der Waals surface area contributed by atoms with Gasteiger partial charge in [0.05, 0.1) is 0 Å². The molecule has 0 saturated carbocycles. The molecule has 0 bridgehead atoms. The summed E-state index contributed by atoms with van der Waals surface area (Å²) in [7, 11) is 0. The molecule has 0 aromatic rings. The van der Waals surface area contributed by atoms with Gasteiger partial charge in [-0.1, -0.05) is 33.6 Å². The second-order valence-electron chi connectivity index (χ2n) is 3.32. The minimum Gasteiger partial charge on any atom is -0.156 e. The zero-order valence-corrected chi connectivity index (χ0v) is 8.26. The lowest BCUT2D eigenvalue weighted by atomic mass is 10.3. The predicted molar refractivity (Wildman–Crippen MR) is 51.4 cm³/mol. The van der Waals surface area contributed by atoms with E-state index in [0.29, 0.717) is 0 Å². The van der Waals surface area contributed by atoms with Crippen LogP contribution in [0.4, 0.5) is 0 Å². The first-order valence-corrected chi connectivity index (χ1v) is 5.04. The standard InChI is InChI=1S/C9H19S/c1-5-6-7-8-10-9(2,3)4/h2,5-8H2,1,3-4H3. The first-order chi connectivity index (χ1) is 4.56. The first kappa shape index (κ1) is 10.3. The summed E-state index contributed by atoms with van der Waals surface area (Å²) in [6.45, 7) is 10.6. The van der Waals surface area contributed by atoms with Crippen molar-refractivity contribution >= 4 is 11.8 Å². The van der Waals surface area contributed by atoms with E-state index >= 15 is 0 Å². The molecule has 0 fully saturated rings. The number of unbranched alkanes of at least 4 members (excludes halogenated alkanes) is 2. The highest BCUT2D eigenvalue weighted by Gasteiger charge is 2.08. The Hall–Kier alpha value is 0.350. The summed E-state index contributed by atoms with van der Waals surface area (Å²) in [5, 5.41) is 0. The van der Waals surface area contributed by atoms with E-state index in [1.54, 1.807) is 0 Å². The summed E-state index contributed by atoms with van der Waals surface area (Å²) >= 11 is 1.96. The summed E-state index contributed by atoms with van der Waals surface area (Å²) in [4.78, 5) is 0. The second-order valence-corrected chi connectivity index (χ2v) is 5.12. The van der Waals surface area contributed by atoms with Crippen molar-refractivity contribution in [2.45, 2.75) is 44.8 Å². The van der Waals surface area contributed by atoms with Crippen molar-refractivity contribution in [2.24, 2.45) is 0 Å². The van der Waals surface area contributed by atoms with Gasteiger partial charge in [0.15, 0.2) is 0 Å². The zero-order chi connectivity index (χ0) is 8.04. The van der Waals surface area contributed by atoms with E-state index in [4.69, 9.17) is 0 Å². The van der Waals surface area contributed by atoms with Gasteiger partial charge in [0, 0.05) is 4.75 Å². The first-order valence-electron chi connectivity index (χ1n) is 4.05. The molecule has 0 N–H and O–H groups in total. The fourth-order valence-electron chi connectivity index (χ4n) is 0.701. The fraction of sp³-hybridized carbons (Fsp3) is 0.889. The van der Waals surface area contributed by atoms with Gasteiger partial charge in [0.1, 0.15) is 0 Å². The van der Waals surface area contributed by atoms with E-state index in [0.717, 1.165) is 0 Å². The molecule has 0 spiro atoms. The van der Waals surface area contributed by atoms with Gasteiger partial charge in [-0.05, 0) is 19.1 Å². The minimum absolute atomic E-state index is 0.216. The average Bonchev–Trinajstić information content (AvgIpc) is 1.78. The van der Waals surface area contributed by atoms with Crippen molar-refractivity contribution in [3.63, 3.8) is 0 Å². The molecule has 0 unspecified atom stereocenters. The van der Waals surface area contributed by atoms with Crippen molar-refractivity contribution in [3.8, 4) is 0 Å². The summed E-state index contributed by atoms with van der Waals surface area (Å²) in [5.41, 5.74) is 0. The quantitative estimate of drug-likeness (QED) is 0.553. The SMILES string of the molecule is [CH2]C(C)(C)SCCCCC. The molecule has 1 radical (unpaired) electrons. The van der Waals surface area contributed by atoms with Crippen LogP contribution in [0.1, 0.15) is 40.0 Å². The van der Waals surface area contributed by atoms with Gasteiger partial charge < -0.3 is 0 Å². The van der Waals surface area contributed by atoms with Crippen LogP contribution in [0.15, 0.2) is 0 Å². The molecule has 0 aromatic heterocycles. The van der Waals surface area contributed by atoms with E-state index in [1.807, 2.05) is 11.8 Å². The van der Waals surface area contributed by atoms with Crippen molar-refractivity contribution in [1.82, 2.24) is 0 Å². The zero-order valence-electron chi connectivity index (χ0n) is 7.44. The smallest absolute Gasteiger partial charge is 0.0104 e. The third-order valence-electron chi connectivity index (χ3n) is 1.24. The van der Waals surface area contributed by atoms with Crippen molar-refractivity contribution in [3.05, 3.63) is 6.92 Å². The molecule has 10 heavy (non-hydrogen) atoms. The summed E-state index contributed by atoms with van der Waals surface area (Å²) in [5.74, 6) is 1.27. The normalized spacial score (nSPS) is 12.0. The van der Waals surface area contributed by atoms with Crippen molar-refractivity contribution in [2.75, 3.05) is 5.75 Å². The van der Waals surface area contributed by atoms with Crippen LogP contribution in [-0.4, -0.2) is 10.5 Å². The predicted octanol–water partition coefficient (Wildman–Crippen LogP) is 3.52. The molecular weight excluding hydrogens is 140 g/mol. The van der Waals surface area contributed by atoms with E-state index in [9.17, 15) is 0 Å². The highest BCUT2D eigenvalue weighted by atomic mass is 32.2. The summed E-state index contributed by atoms with van der Waals surface area (Å²) in [6, 6.07) is 0. The molecule has 0 aromatic carbocycles. The molecule has 0 aliphatic heterocycles. The third kappa shape index (κ3) is 8.35. The van der Waals surface area contributed by atoms with Crippen LogP contribution in [0.2, 0.25) is 0 Å². The van der Waals surface area contributed by atoms with Crippen LogP contribution in [0, 0.1) is 6.92 Å². The van der Waals surface area contributed by atoms with Gasteiger partial charge in [-0.3, -0.25) is 0 Å². The molecule has 61 valence electrons. The van der Waals surface area contributed by atoms with Crippen LogP contribution >= 0.6 is 11.8 Å². The van der Waals surface area contributed by atoms with E-state index in [1.165, 1.54) is 25.0 Å². The monoisotopic (exact) mass is 159 g/mol. The lowest BCUT2D eigenvalue weighted by molar-refractivity contribution is 0.773. The molecule has 0 aliphatic carbocycles. The third-order valence-corrected chi connectivity index (χ3v) is 2.51. The van der Waals surface area contributed by atoms with Gasteiger partial charge in [0.2, 0.25) is 0 Å². The Morgan fingerprint density at radius 3 is 2.30 bits per heavy atom. The highest BCUT2D eigenvalue weighted by Crippen LogP contribution is 2.23. The maximum absolute atomic E-state index is 4.03. The van der Waals surface area contributed by atoms with Gasteiger partial charge in [-0.15, -0.1) is 0 Å². The Kier molecular flexibility index (Phi) is 5.24. The molecule has 0 aliphatic rings. The Morgan fingerprint density at radius 2 is 1.90 bits per heavy atom. The molecule has 1 heteroatoms. The molecule has 0 rings (SSSR count).